The smallest absolute Gasteiger partial charge is 0.264 e. The number of carbonyl (C=O) groups excluding carboxylic acids is 2. The van der Waals surface area contributed by atoms with E-state index in [0.717, 1.165) is 40.9 Å². The molecule has 4 nitrogen and oxygen atoms in total. The van der Waals surface area contributed by atoms with Gasteiger partial charge < -0.3 is 10.2 Å². The fourth-order valence-corrected chi connectivity index (χ4v) is 4.44. The molecule has 5 heteroatoms. The molecule has 1 N–H and O–H groups in total. The topological polar surface area (TPSA) is 49.4 Å². The van der Waals surface area contributed by atoms with Crippen molar-refractivity contribution in [3.63, 3.8) is 0 Å². The zero-order valence-electron chi connectivity index (χ0n) is 14.3. The summed E-state index contributed by atoms with van der Waals surface area (Å²) in [6.07, 6.45) is 2.46. The lowest BCUT2D eigenvalue weighted by molar-refractivity contribution is -0.126. The van der Waals surface area contributed by atoms with Crippen LogP contribution in [0.25, 0.3) is 10.1 Å². The van der Waals surface area contributed by atoms with Crippen molar-refractivity contribution in [2.75, 3.05) is 19.6 Å². The third-order valence-electron chi connectivity index (χ3n) is 4.74. The van der Waals surface area contributed by atoms with Gasteiger partial charge in [0, 0.05) is 30.3 Å². The lowest BCUT2D eigenvalue weighted by Gasteiger charge is -2.31. The van der Waals surface area contributed by atoms with Crippen molar-refractivity contribution < 1.29 is 9.59 Å². The number of nitrogens with one attached hydrogen (secondary N) is 1. The summed E-state index contributed by atoms with van der Waals surface area (Å²) in [4.78, 5) is 27.7. The number of rotatable bonds is 4. The summed E-state index contributed by atoms with van der Waals surface area (Å²) >= 11 is 1.57. The minimum atomic E-state index is 0.0455. The number of aryl methyl sites for hydroxylation is 1. The summed E-state index contributed by atoms with van der Waals surface area (Å²) < 4.78 is 1.16. The van der Waals surface area contributed by atoms with E-state index >= 15 is 0 Å². The van der Waals surface area contributed by atoms with E-state index in [9.17, 15) is 9.59 Å². The maximum absolute atomic E-state index is 12.9. The Kier molecular flexibility index (Phi) is 5.19. The monoisotopic (exact) mass is 344 g/mol. The van der Waals surface area contributed by atoms with Crippen LogP contribution in [-0.2, 0) is 4.79 Å². The number of benzene rings is 1. The van der Waals surface area contributed by atoms with Crippen molar-refractivity contribution in [3.05, 3.63) is 34.7 Å². The van der Waals surface area contributed by atoms with E-state index in [-0.39, 0.29) is 17.7 Å². The second-order valence-corrected chi connectivity index (χ2v) is 7.46. The fraction of sp³-hybridized carbons (Fsp3) is 0.474. The molecular weight excluding hydrogens is 320 g/mol. The number of likely N-dealkylation sites (tertiary alicyclic amines) is 1. The number of piperidine rings is 1. The Morgan fingerprint density at radius 1 is 1.25 bits per heavy atom. The molecular formula is C19H24N2O2S. The largest absolute Gasteiger partial charge is 0.356 e. The summed E-state index contributed by atoms with van der Waals surface area (Å²) in [5.41, 5.74) is 1.07. The number of hydrogen-bond donors (Lipinski definition) is 1. The Hall–Kier alpha value is -1.88. The van der Waals surface area contributed by atoms with Crippen LogP contribution in [0.4, 0.5) is 0 Å². The molecule has 0 spiro atoms. The van der Waals surface area contributed by atoms with Gasteiger partial charge in [0.2, 0.25) is 5.91 Å². The Balaban J connectivity index is 1.66. The lowest BCUT2D eigenvalue weighted by atomic mass is 9.95. The first kappa shape index (κ1) is 17.0. The van der Waals surface area contributed by atoms with Crippen molar-refractivity contribution in [3.8, 4) is 0 Å². The van der Waals surface area contributed by atoms with Gasteiger partial charge in [0.15, 0.2) is 0 Å². The van der Waals surface area contributed by atoms with Gasteiger partial charge in [0.25, 0.3) is 5.91 Å². The Morgan fingerprint density at radius 3 is 2.62 bits per heavy atom. The van der Waals surface area contributed by atoms with Gasteiger partial charge in [0.1, 0.15) is 0 Å². The van der Waals surface area contributed by atoms with Crippen LogP contribution in [0.5, 0.6) is 0 Å². The van der Waals surface area contributed by atoms with Crippen molar-refractivity contribution in [2.24, 2.45) is 5.92 Å². The summed E-state index contributed by atoms with van der Waals surface area (Å²) in [5, 5.41) is 4.13. The number of fused-ring (bicyclic) bond motifs is 1. The highest BCUT2D eigenvalue weighted by Crippen LogP contribution is 2.32. The Bertz CT molecular complexity index is 745. The van der Waals surface area contributed by atoms with E-state index in [4.69, 9.17) is 0 Å². The van der Waals surface area contributed by atoms with E-state index in [0.29, 0.717) is 13.1 Å². The number of amides is 2. The van der Waals surface area contributed by atoms with Gasteiger partial charge in [-0.25, -0.2) is 0 Å². The van der Waals surface area contributed by atoms with Gasteiger partial charge >= 0.3 is 0 Å². The first-order chi connectivity index (χ1) is 11.6. The van der Waals surface area contributed by atoms with Crippen molar-refractivity contribution in [1.29, 1.82) is 0 Å². The van der Waals surface area contributed by atoms with Crippen LogP contribution in [0.1, 0.15) is 41.4 Å². The van der Waals surface area contributed by atoms with Gasteiger partial charge in [-0.2, -0.15) is 0 Å². The van der Waals surface area contributed by atoms with Gasteiger partial charge in [-0.3, -0.25) is 9.59 Å². The predicted octanol–water partition coefficient (Wildman–Crippen LogP) is 3.59. The van der Waals surface area contributed by atoms with Crippen molar-refractivity contribution in [1.82, 2.24) is 10.2 Å². The molecule has 24 heavy (non-hydrogen) atoms. The molecule has 128 valence electrons. The third-order valence-corrected chi connectivity index (χ3v) is 6.00. The molecule has 0 bridgehead atoms. The zero-order chi connectivity index (χ0) is 17.1. The maximum atomic E-state index is 12.9. The molecule has 2 amide bonds. The molecule has 1 saturated heterocycles. The van der Waals surface area contributed by atoms with Crippen LogP contribution in [0.15, 0.2) is 24.3 Å². The van der Waals surface area contributed by atoms with Crippen LogP contribution in [0, 0.1) is 12.8 Å². The summed E-state index contributed by atoms with van der Waals surface area (Å²) in [5.74, 6) is 0.298. The Labute approximate surface area is 146 Å². The molecule has 1 aliphatic heterocycles. The molecule has 1 aliphatic rings. The fourth-order valence-electron chi connectivity index (χ4n) is 3.26. The number of carbonyl (C=O) groups is 2. The van der Waals surface area contributed by atoms with Crippen LogP contribution in [0.3, 0.4) is 0 Å². The summed E-state index contributed by atoms with van der Waals surface area (Å²) in [6.45, 7) is 6.14. The highest BCUT2D eigenvalue weighted by molar-refractivity contribution is 7.21. The second kappa shape index (κ2) is 7.34. The molecule has 0 saturated carbocycles. The molecule has 0 unspecified atom stereocenters. The maximum Gasteiger partial charge on any atom is 0.264 e. The SMILES string of the molecule is CCCNC(=O)C1CCN(C(=O)c2sc3ccccc3c2C)CC1. The average Bonchev–Trinajstić information content (AvgIpc) is 2.96. The number of thiophene rings is 1. The minimum Gasteiger partial charge on any atom is -0.356 e. The summed E-state index contributed by atoms with van der Waals surface area (Å²) in [6, 6.07) is 8.15. The van der Waals surface area contributed by atoms with Crippen LogP contribution in [-0.4, -0.2) is 36.3 Å². The first-order valence-corrected chi connectivity index (χ1v) is 9.48. The van der Waals surface area contributed by atoms with Gasteiger partial charge in [-0.05, 0) is 43.2 Å². The minimum absolute atomic E-state index is 0.0455. The number of nitrogens with zero attached hydrogens (tertiary/aromatic N) is 1. The lowest BCUT2D eigenvalue weighted by Crippen LogP contribution is -2.43. The molecule has 0 radical (unpaired) electrons. The van der Waals surface area contributed by atoms with Gasteiger partial charge in [0.05, 0.1) is 4.88 Å². The molecule has 3 rings (SSSR count). The molecule has 1 aromatic carbocycles. The standard InChI is InChI=1S/C19H24N2O2S/c1-3-10-20-18(22)14-8-11-21(12-9-14)19(23)17-13(2)15-6-4-5-7-16(15)24-17/h4-7,14H,3,8-12H2,1-2H3,(H,20,22). The average molecular weight is 344 g/mol. The van der Waals surface area contributed by atoms with E-state index < -0.39 is 0 Å². The normalized spacial score (nSPS) is 15.7. The molecule has 1 fully saturated rings. The van der Waals surface area contributed by atoms with Crippen molar-refractivity contribution >= 4 is 33.2 Å². The van der Waals surface area contributed by atoms with E-state index in [1.54, 1.807) is 11.3 Å². The first-order valence-electron chi connectivity index (χ1n) is 8.67. The predicted molar refractivity (Wildman–Crippen MR) is 98.5 cm³/mol. The molecule has 2 heterocycles. The summed E-state index contributed by atoms with van der Waals surface area (Å²) in [7, 11) is 0. The van der Waals surface area contributed by atoms with Crippen molar-refractivity contribution in [2.45, 2.75) is 33.1 Å². The van der Waals surface area contributed by atoms with Crippen LogP contribution >= 0.6 is 11.3 Å². The van der Waals surface area contributed by atoms with Crippen LogP contribution < -0.4 is 5.32 Å². The highest BCUT2D eigenvalue weighted by Gasteiger charge is 2.29. The van der Waals surface area contributed by atoms with Gasteiger partial charge in [-0.15, -0.1) is 11.3 Å². The zero-order valence-corrected chi connectivity index (χ0v) is 15.1. The van der Waals surface area contributed by atoms with E-state index in [1.165, 1.54) is 5.39 Å². The second-order valence-electron chi connectivity index (χ2n) is 6.41. The van der Waals surface area contributed by atoms with Crippen LogP contribution in [0.2, 0.25) is 0 Å². The van der Waals surface area contributed by atoms with E-state index in [2.05, 4.69) is 24.4 Å². The molecule has 0 aliphatic carbocycles. The van der Waals surface area contributed by atoms with E-state index in [1.807, 2.05) is 24.0 Å². The highest BCUT2D eigenvalue weighted by atomic mass is 32.1. The third kappa shape index (κ3) is 3.31. The molecule has 0 atom stereocenters. The van der Waals surface area contributed by atoms with Gasteiger partial charge in [-0.1, -0.05) is 25.1 Å². The molecule has 2 aromatic rings. The number of hydrogen-bond acceptors (Lipinski definition) is 3. The molecule has 1 aromatic heterocycles. The quantitative estimate of drug-likeness (QED) is 0.921. The Morgan fingerprint density at radius 2 is 1.96 bits per heavy atom.